The van der Waals surface area contributed by atoms with Crippen molar-refractivity contribution >= 4 is 34.3 Å². The minimum Gasteiger partial charge on any atom is -0.487 e. The first kappa shape index (κ1) is 18.1. The lowest BCUT2D eigenvalue weighted by atomic mass is 10.2. The number of fused-ring (bicyclic) bond motifs is 1. The number of nitrogens with two attached hydrogens (primary N) is 1. The van der Waals surface area contributed by atoms with Crippen LogP contribution in [0, 0.1) is 12.7 Å². The number of benzene rings is 2. The number of anilines is 3. The molecule has 0 aliphatic carbocycles. The number of nitrogen functional groups attached to an aromatic ring is 1. The SMILES string of the molecule is Cc1c(N)cn2ncnc(Nc3ccc(OCc4cccc(F)c4)c(Cl)c3)c12. The van der Waals surface area contributed by atoms with Crippen molar-refractivity contribution in [3.05, 3.63) is 77.0 Å². The van der Waals surface area contributed by atoms with E-state index in [2.05, 4.69) is 15.4 Å². The predicted molar refractivity (Wildman–Crippen MR) is 108 cm³/mol. The fourth-order valence-electron chi connectivity index (χ4n) is 2.89. The summed E-state index contributed by atoms with van der Waals surface area (Å²) in [6.45, 7) is 2.13. The molecule has 0 saturated heterocycles. The van der Waals surface area contributed by atoms with E-state index < -0.39 is 0 Å². The third-order valence-corrected chi connectivity index (χ3v) is 4.64. The second kappa shape index (κ2) is 7.36. The van der Waals surface area contributed by atoms with Crippen LogP contribution in [0.25, 0.3) is 5.52 Å². The average Bonchev–Trinajstić information content (AvgIpc) is 2.96. The van der Waals surface area contributed by atoms with Gasteiger partial charge in [-0.05, 0) is 42.8 Å². The van der Waals surface area contributed by atoms with E-state index in [-0.39, 0.29) is 12.4 Å². The summed E-state index contributed by atoms with van der Waals surface area (Å²) in [5.74, 6) is 0.824. The molecule has 2 aromatic heterocycles. The summed E-state index contributed by atoms with van der Waals surface area (Å²) in [5.41, 5.74) is 9.76. The van der Waals surface area contributed by atoms with Crippen LogP contribution in [0.15, 0.2) is 55.0 Å². The van der Waals surface area contributed by atoms with Crippen LogP contribution in [0.5, 0.6) is 5.75 Å². The van der Waals surface area contributed by atoms with Crippen molar-refractivity contribution in [2.75, 3.05) is 11.1 Å². The Hall–Kier alpha value is -3.32. The number of halogens is 2. The maximum Gasteiger partial charge on any atom is 0.158 e. The third kappa shape index (κ3) is 3.57. The fourth-order valence-corrected chi connectivity index (χ4v) is 3.13. The molecular weight excluding hydrogens is 381 g/mol. The minimum absolute atomic E-state index is 0.222. The summed E-state index contributed by atoms with van der Waals surface area (Å²) in [7, 11) is 0. The Morgan fingerprint density at radius 3 is 2.89 bits per heavy atom. The van der Waals surface area contributed by atoms with Gasteiger partial charge in [-0.3, -0.25) is 0 Å². The molecule has 3 N–H and O–H groups in total. The van der Waals surface area contributed by atoms with E-state index in [4.69, 9.17) is 22.1 Å². The molecule has 0 saturated carbocycles. The van der Waals surface area contributed by atoms with E-state index in [1.165, 1.54) is 18.5 Å². The number of nitrogens with one attached hydrogen (secondary N) is 1. The fraction of sp³-hybridized carbons (Fsp3) is 0.100. The summed E-state index contributed by atoms with van der Waals surface area (Å²) in [6.07, 6.45) is 3.19. The summed E-state index contributed by atoms with van der Waals surface area (Å²) < 4.78 is 20.6. The molecule has 4 aromatic rings. The van der Waals surface area contributed by atoms with Crippen molar-refractivity contribution in [3.63, 3.8) is 0 Å². The van der Waals surface area contributed by atoms with Crippen molar-refractivity contribution in [3.8, 4) is 5.75 Å². The normalized spacial score (nSPS) is 11.0. The van der Waals surface area contributed by atoms with Gasteiger partial charge in [0.05, 0.1) is 16.9 Å². The Kier molecular flexibility index (Phi) is 4.75. The predicted octanol–water partition coefficient (Wildman–Crippen LogP) is 4.74. The van der Waals surface area contributed by atoms with Crippen molar-refractivity contribution in [2.45, 2.75) is 13.5 Å². The molecular formula is C20H17ClFN5O. The summed E-state index contributed by atoms with van der Waals surface area (Å²) in [4.78, 5) is 4.30. The molecule has 0 radical (unpaired) electrons. The highest BCUT2D eigenvalue weighted by Gasteiger charge is 2.12. The topological polar surface area (TPSA) is 77.5 Å². The lowest BCUT2D eigenvalue weighted by molar-refractivity contribution is 0.306. The quantitative estimate of drug-likeness (QED) is 0.508. The number of hydrogen-bond acceptors (Lipinski definition) is 5. The zero-order valence-electron chi connectivity index (χ0n) is 15.0. The average molecular weight is 398 g/mol. The zero-order chi connectivity index (χ0) is 19.7. The van der Waals surface area contributed by atoms with Crippen LogP contribution < -0.4 is 15.8 Å². The Morgan fingerprint density at radius 2 is 2.11 bits per heavy atom. The molecule has 28 heavy (non-hydrogen) atoms. The molecule has 0 aliphatic rings. The van der Waals surface area contributed by atoms with Gasteiger partial charge in [-0.1, -0.05) is 23.7 Å². The van der Waals surface area contributed by atoms with Gasteiger partial charge in [0.1, 0.15) is 30.0 Å². The second-order valence-electron chi connectivity index (χ2n) is 6.30. The Morgan fingerprint density at radius 1 is 1.25 bits per heavy atom. The molecule has 0 atom stereocenters. The molecule has 142 valence electrons. The minimum atomic E-state index is -0.302. The Bertz CT molecular complexity index is 1160. The first-order chi connectivity index (χ1) is 13.5. The highest BCUT2D eigenvalue weighted by Crippen LogP contribution is 2.31. The maximum atomic E-state index is 13.3. The molecule has 0 fully saturated rings. The number of aryl methyl sites for hydroxylation is 1. The third-order valence-electron chi connectivity index (χ3n) is 4.34. The van der Waals surface area contributed by atoms with Crippen LogP contribution in [0.4, 0.5) is 21.6 Å². The van der Waals surface area contributed by atoms with Gasteiger partial charge in [0, 0.05) is 11.3 Å². The smallest absolute Gasteiger partial charge is 0.158 e. The van der Waals surface area contributed by atoms with Crippen LogP contribution in [-0.4, -0.2) is 14.6 Å². The van der Waals surface area contributed by atoms with Crippen molar-refractivity contribution in [1.82, 2.24) is 14.6 Å². The van der Waals surface area contributed by atoms with Crippen LogP contribution in [-0.2, 0) is 6.61 Å². The standard InChI is InChI=1S/C20H17ClFN5O/c1-12-17(23)9-27-19(12)20(24-11-25-27)26-15-5-6-18(16(21)8-15)28-10-13-3-2-4-14(22)7-13/h2-9,11H,10,23H2,1H3,(H,24,25,26). The van der Waals surface area contributed by atoms with Crippen molar-refractivity contribution in [2.24, 2.45) is 0 Å². The molecule has 0 bridgehead atoms. The number of ether oxygens (including phenoxy) is 1. The van der Waals surface area contributed by atoms with Gasteiger partial charge in [0.25, 0.3) is 0 Å². The summed E-state index contributed by atoms with van der Waals surface area (Å²) in [5, 5.41) is 7.83. The monoisotopic (exact) mass is 397 g/mol. The zero-order valence-corrected chi connectivity index (χ0v) is 15.7. The first-order valence-corrected chi connectivity index (χ1v) is 8.91. The number of rotatable bonds is 5. The van der Waals surface area contributed by atoms with E-state index in [0.717, 1.165) is 22.3 Å². The molecule has 0 amide bonds. The lowest BCUT2D eigenvalue weighted by Crippen LogP contribution is -2.01. The van der Waals surface area contributed by atoms with E-state index in [0.29, 0.717) is 22.3 Å². The molecule has 2 aromatic carbocycles. The molecule has 6 nitrogen and oxygen atoms in total. The largest absolute Gasteiger partial charge is 0.487 e. The van der Waals surface area contributed by atoms with Gasteiger partial charge in [-0.25, -0.2) is 13.9 Å². The second-order valence-corrected chi connectivity index (χ2v) is 6.71. The van der Waals surface area contributed by atoms with Crippen LogP contribution >= 0.6 is 11.6 Å². The number of aromatic nitrogens is 3. The van der Waals surface area contributed by atoms with Crippen molar-refractivity contribution < 1.29 is 9.13 Å². The number of hydrogen-bond donors (Lipinski definition) is 2. The van der Waals surface area contributed by atoms with Crippen LogP contribution in [0.2, 0.25) is 5.02 Å². The molecule has 4 rings (SSSR count). The number of nitrogens with zero attached hydrogens (tertiary/aromatic N) is 3. The van der Waals surface area contributed by atoms with E-state index in [1.807, 2.05) is 13.0 Å². The lowest BCUT2D eigenvalue weighted by Gasteiger charge is -2.11. The highest BCUT2D eigenvalue weighted by atomic mass is 35.5. The molecule has 0 aliphatic heterocycles. The van der Waals surface area contributed by atoms with Gasteiger partial charge < -0.3 is 15.8 Å². The van der Waals surface area contributed by atoms with E-state index >= 15 is 0 Å². The van der Waals surface area contributed by atoms with Crippen LogP contribution in [0.3, 0.4) is 0 Å². The first-order valence-electron chi connectivity index (χ1n) is 8.53. The van der Waals surface area contributed by atoms with Crippen LogP contribution in [0.1, 0.15) is 11.1 Å². The Labute approximate surface area is 165 Å². The summed E-state index contributed by atoms with van der Waals surface area (Å²) in [6, 6.07) is 11.6. The molecule has 2 heterocycles. The van der Waals surface area contributed by atoms with E-state index in [1.54, 1.807) is 35.0 Å². The van der Waals surface area contributed by atoms with Gasteiger partial charge in [-0.15, -0.1) is 0 Å². The van der Waals surface area contributed by atoms with E-state index in [9.17, 15) is 4.39 Å². The summed E-state index contributed by atoms with van der Waals surface area (Å²) >= 11 is 6.35. The highest BCUT2D eigenvalue weighted by molar-refractivity contribution is 6.32. The van der Waals surface area contributed by atoms with Gasteiger partial charge in [-0.2, -0.15) is 5.10 Å². The van der Waals surface area contributed by atoms with Crippen molar-refractivity contribution in [1.29, 1.82) is 0 Å². The van der Waals surface area contributed by atoms with Gasteiger partial charge in [0.2, 0.25) is 0 Å². The van der Waals surface area contributed by atoms with Gasteiger partial charge in [0.15, 0.2) is 5.82 Å². The Balaban J connectivity index is 1.54. The van der Waals surface area contributed by atoms with Gasteiger partial charge >= 0.3 is 0 Å². The molecule has 0 spiro atoms. The molecule has 8 heteroatoms. The maximum absolute atomic E-state index is 13.3. The molecule has 0 unspecified atom stereocenters.